The van der Waals surface area contributed by atoms with Gasteiger partial charge in [0.15, 0.2) is 6.10 Å². The molecule has 2 aromatic carbocycles. The molecule has 0 spiro atoms. The summed E-state index contributed by atoms with van der Waals surface area (Å²) in [6.07, 6.45) is -5.38. The van der Waals surface area contributed by atoms with Crippen LogP contribution in [0.3, 0.4) is 0 Å². The van der Waals surface area contributed by atoms with Gasteiger partial charge in [0.25, 0.3) is 5.91 Å². The molecule has 0 bridgehead atoms. The highest BCUT2D eigenvalue weighted by molar-refractivity contribution is 5.92. The number of ether oxygens (including phenoxy) is 2. The molecule has 0 aromatic heterocycles. The monoisotopic (exact) mass is 465 g/mol. The van der Waals surface area contributed by atoms with E-state index in [1.807, 2.05) is 36.1 Å². The molecule has 1 aliphatic rings. The summed E-state index contributed by atoms with van der Waals surface area (Å²) in [5.41, 5.74) is 1.47. The van der Waals surface area contributed by atoms with E-state index in [1.165, 1.54) is 12.1 Å². The third-order valence-corrected chi connectivity index (χ3v) is 5.10. The molecular weight excluding hydrogens is 439 g/mol. The van der Waals surface area contributed by atoms with E-state index in [9.17, 15) is 22.8 Å². The summed E-state index contributed by atoms with van der Waals surface area (Å²) >= 11 is 0. The van der Waals surface area contributed by atoms with E-state index in [0.29, 0.717) is 37.6 Å². The fourth-order valence-electron chi connectivity index (χ4n) is 3.40. The number of nitrogens with one attached hydrogen (secondary N) is 1. The standard InChI is InChI=1S/C23H26F3N3O4/c1-16-3-7-19(8-4-16)32-17(2)22(31)29-13-11-28(12-14-29)15-21(30)27-18-5-9-20(10-6-18)33-23(24,25)26/h3-10,17H,11-15H2,1-2H3,(H,27,30). The van der Waals surface area contributed by atoms with E-state index in [4.69, 9.17) is 4.74 Å². The van der Waals surface area contributed by atoms with Crippen LogP contribution in [-0.2, 0) is 9.59 Å². The lowest BCUT2D eigenvalue weighted by Gasteiger charge is -2.35. The van der Waals surface area contributed by atoms with Gasteiger partial charge in [-0.05, 0) is 50.2 Å². The molecule has 0 aliphatic carbocycles. The Morgan fingerprint density at radius 2 is 1.55 bits per heavy atom. The van der Waals surface area contributed by atoms with Crippen LogP contribution in [0.25, 0.3) is 0 Å². The Morgan fingerprint density at radius 3 is 2.12 bits per heavy atom. The van der Waals surface area contributed by atoms with Crippen LogP contribution in [0.1, 0.15) is 12.5 Å². The molecule has 7 nitrogen and oxygen atoms in total. The number of piperazine rings is 1. The predicted molar refractivity (Wildman–Crippen MR) is 116 cm³/mol. The normalized spacial score (nSPS) is 15.6. The molecule has 1 N–H and O–H groups in total. The first-order chi connectivity index (χ1) is 15.6. The van der Waals surface area contributed by atoms with E-state index in [-0.39, 0.29) is 24.1 Å². The molecule has 1 atom stereocenters. The molecule has 1 saturated heterocycles. The summed E-state index contributed by atoms with van der Waals surface area (Å²) in [6.45, 7) is 5.78. The number of carbonyl (C=O) groups excluding carboxylic acids is 2. The molecule has 2 amide bonds. The third-order valence-electron chi connectivity index (χ3n) is 5.10. The lowest BCUT2D eigenvalue weighted by molar-refractivity contribution is -0.274. The number of rotatable bonds is 7. The van der Waals surface area contributed by atoms with Gasteiger partial charge >= 0.3 is 6.36 Å². The Labute approximate surface area is 190 Å². The van der Waals surface area contributed by atoms with Gasteiger partial charge in [-0.25, -0.2) is 0 Å². The summed E-state index contributed by atoms with van der Waals surface area (Å²) in [7, 11) is 0. The van der Waals surface area contributed by atoms with Gasteiger partial charge in [0.1, 0.15) is 11.5 Å². The molecule has 1 aliphatic heterocycles. The van der Waals surface area contributed by atoms with Gasteiger partial charge in [0.05, 0.1) is 6.54 Å². The zero-order chi connectivity index (χ0) is 24.0. The van der Waals surface area contributed by atoms with E-state index in [2.05, 4.69) is 10.1 Å². The molecule has 2 aromatic rings. The number of nitrogens with zero attached hydrogens (tertiary/aromatic N) is 2. The molecular formula is C23H26F3N3O4. The minimum Gasteiger partial charge on any atom is -0.481 e. The Morgan fingerprint density at radius 1 is 0.970 bits per heavy atom. The van der Waals surface area contributed by atoms with Crippen LogP contribution in [-0.4, -0.2) is 66.8 Å². The van der Waals surface area contributed by atoms with Gasteiger partial charge in [-0.3, -0.25) is 14.5 Å². The number of carbonyl (C=O) groups is 2. The summed E-state index contributed by atoms with van der Waals surface area (Å²) in [4.78, 5) is 28.6. The molecule has 1 unspecified atom stereocenters. The Hall–Kier alpha value is -3.27. The molecule has 1 heterocycles. The lowest BCUT2D eigenvalue weighted by Crippen LogP contribution is -2.53. The van der Waals surface area contributed by atoms with E-state index in [1.54, 1.807) is 11.8 Å². The Bertz CT molecular complexity index is 941. The van der Waals surface area contributed by atoms with Crippen molar-refractivity contribution in [2.45, 2.75) is 26.3 Å². The van der Waals surface area contributed by atoms with Crippen LogP contribution in [0, 0.1) is 6.92 Å². The van der Waals surface area contributed by atoms with E-state index < -0.39 is 12.5 Å². The highest BCUT2D eigenvalue weighted by atomic mass is 19.4. The number of anilines is 1. The van der Waals surface area contributed by atoms with E-state index in [0.717, 1.165) is 17.7 Å². The molecule has 1 fully saturated rings. The van der Waals surface area contributed by atoms with Gasteiger partial charge in [-0.1, -0.05) is 17.7 Å². The first kappa shape index (κ1) is 24.4. The molecule has 33 heavy (non-hydrogen) atoms. The molecule has 0 radical (unpaired) electrons. The second-order valence-corrected chi connectivity index (χ2v) is 7.79. The van der Waals surface area contributed by atoms with Crippen molar-refractivity contribution in [1.82, 2.24) is 9.80 Å². The van der Waals surface area contributed by atoms with Crippen LogP contribution in [0.5, 0.6) is 11.5 Å². The average molecular weight is 465 g/mol. The number of amides is 2. The Balaban J connectivity index is 1.41. The zero-order valence-corrected chi connectivity index (χ0v) is 18.4. The molecule has 178 valence electrons. The number of halogens is 3. The predicted octanol–water partition coefficient (Wildman–Crippen LogP) is 3.44. The molecule has 0 saturated carbocycles. The van der Waals surface area contributed by atoms with Crippen molar-refractivity contribution in [3.63, 3.8) is 0 Å². The van der Waals surface area contributed by atoms with Crippen molar-refractivity contribution in [3.8, 4) is 11.5 Å². The smallest absolute Gasteiger partial charge is 0.481 e. The Kier molecular flexibility index (Phi) is 7.80. The second kappa shape index (κ2) is 10.6. The number of benzene rings is 2. The maximum Gasteiger partial charge on any atom is 0.573 e. The summed E-state index contributed by atoms with van der Waals surface area (Å²) in [5.74, 6) is -0.132. The number of hydrogen-bond donors (Lipinski definition) is 1. The largest absolute Gasteiger partial charge is 0.573 e. The first-order valence-corrected chi connectivity index (χ1v) is 10.5. The third kappa shape index (κ3) is 7.67. The highest BCUT2D eigenvalue weighted by Crippen LogP contribution is 2.24. The molecule has 10 heteroatoms. The maximum absolute atomic E-state index is 12.7. The van der Waals surface area contributed by atoms with Crippen molar-refractivity contribution < 1.29 is 32.2 Å². The summed E-state index contributed by atoms with van der Waals surface area (Å²) in [6, 6.07) is 12.4. The number of alkyl halides is 3. The summed E-state index contributed by atoms with van der Waals surface area (Å²) in [5, 5.41) is 2.64. The van der Waals surface area contributed by atoms with Crippen molar-refractivity contribution >= 4 is 17.5 Å². The summed E-state index contributed by atoms with van der Waals surface area (Å²) < 4.78 is 46.2. The van der Waals surface area contributed by atoms with Gasteiger partial charge < -0.3 is 19.7 Å². The quantitative estimate of drug-likeness (QED) is 0.679. The van der Waals surface area contributed by atoms with Crippen LogP contribution >= 0.6 is 0 Å². The van der Waals surface area contributed by atoms with Gasteiger partial charge in [-0.2, -0.15) is 0 Å². The number of hydrogen-bond acceptors (Lipinski definition) is 5. The van der Waals surface area contributed by atoms with Crippen molar-refractivity contribution in [1.29, 1.82) is 0 Å². The average Bonchev–Trinajstić information content (AvgIpc) is 2.75. The van der Waals surface area contributed by atoms with Crippen molar-refractivity contribution in [3.05, 3.63) is 54.1 Å². The van der Waals surface area contributed by atoms with Crippen LogP contribution < -0.4 is 14.8 Å². The zero-order valence-electron chi connectivity index (χ0n) is 18.4. The van der Waals surface area contributed by atoms with Crippen molar-refractivity contribution in [2.75, 3.05) is 38.0 Å². The van der Waals surface area contributed by atoms with Gasteiger partial charge in [0.2, 0.25) is 5.91 Å². The lowest BCUT2D eigenvalue weighted by atomic mass is 10.2. The fourth-order valence-corrected chi connectivity index (χ4v) is 3.40. The fraction of sp³-hybridized carbons (Fsp3) is 0.391. The highest BCUT2D eigenvalue weighted by Gasteiger charge is 2.31. The maximum atomic E-state index is 12.7. The topological polar surface area (TPSA) is 71.1 Å². The molecule has 3 rings (SSSR count). The van der Waals surface area contributed by atoms with Crippen LogP contribution in [0.2, 0.25) is 0 Å². The van der Waals surface area contributed by atoms with Crippen molar-refractivity contribution in [2.24, 2.45) is 0 Å². The van der Waals surface area contributed by atoms with Crippen LogP contribution in [0.15, 0.2) is 48.5 Å². The van der Waals surface area contributed by atoms with Gasteiger partial charge in [-0.15, -0.1) is 13.2 Å². The first-order valence-electron chi connectivity index (χ1n) is 10.5. The van der Waals surface area contributed by atoms with Crippen LogP contribution in [0.4, 0.5) is 18.9 Å². The SMILES string of the molecule is Cc1ccc(OC(C)C(=O)N2CCN(CC(=O)Nc3ccc(OC(F)(F)F)cc3)CC2)cc1. The van der Waals surface area contributed by atoms with E-state index >= 15 is 0 Å². The minimum absolute atomic E-state index is 0.109. The minimum atomic E-state index is -4.76. The second-order valence-electron chi connectivity index (χ2n) is 7.79. The van der Waals surface area contributed by atoms with Gasteiger partial charge in [0, 0.05) is 31.9 Å². The number of aryl methyl sites for hydroxylation is 1.